The minimum Gasteiger partial charge on any atom is -0.374 e. The third kappa shape index (κ3) is 2.68. The quantitative estimate of drug-likeness (QED) is 0.594. The molecule has 1 aliphatic heterocycles. The first kappa shape index (κ1) is 11.3. The number of nitro groups is 1. The molecule has 1 aromatic heterocycles. The summed E-state index contributed by atoms with van der Waals surface area (Å²) in [5.41, 5.74) is 0.388. The van der Waals surface area contributed by atoms with Crippen LogP contribution < -0.4 is 10.6 Å². The van der Waals surface area contributed by atoms with Crippen molar-refractivity contribution in [2.24, 2.45) is 0 Å². The molecule has 1 atom stereocenters. The van der Waals surface area contributed by atoms with E-state index in [1.54, 1.807) is 12.1 Å². The van der Waals surface area contributed by atoms with Gasteiger partial charge in [-0.15, -0.1) is 0 Å². The van der Waals surface area contributed by atoms with Crippen LogP contribution >= 0.6 is 0 Å². The number of amides is 1. The molecule has 2 heterocycles. The average molecular weight is 236 g/mol. The summed E-state index contributed by atoms with van der Waals surface area (Å²) in [6.45, 7) is 0.477. The second kappa shape index (κ2) is 4.77. The highest BCUT2D eigenvalue weighted by Crippen LogP contribution is 2.22. The number of rotatable bonds is 3. The zero-order valence-corrected chi connectivity index (χ0v) is 9.05. The Bertz CT molecular complexity index is 439. The van der Waals surface area contributed by atoms with Gasteiger partial charge in [-0.1, -0.05) is 0 Å². The van der Waals surface area contributed by atoms with Crippen LogP contribution in [0.5, 0.6) is 0 Å². The predicted octanol–water partition coefficient (Wildman–Crippen LogP) is 0.680. The number of piperidine rings is 1. The minimum absolute atomic E-state index is 0.00981. The van der Waals surface area contributed by atoms with Gasteiger partial charge in [-0.05, 0) is 28.5 Å². The van der Waals surface area contributed by atoms with E-state index >= 15 is 0 Å². The lowest BCUT2D eigenvalue weighted by Crippen LogP contribution is -2.41. The molecule has 7 heteroatoms. The summed E-state index contributed by atoms with van der Waals surface area (Å²) in [7, 11) is 0. The average Bonchev–Trinajstić information content (AvgIpc) is 2.32. The second-order valence-corrected chi connectivity index (χ2v) is 3.82. The van der Waals surface area contributed by atoms with E-state index in [9.17, 15) is 14.9 Å². The van der Waals surface area contributed by atoms with Crippen molar-refractivity contribution in [1.29, 1.82) is 0 Å². The number of carbonyl (C=O) groups excluding carboxylic acids is 1. The van der Waals surface area contributed by atoms with E-state index < -0.39 is 4.92 Å². The zero-order valence-electron chi connectivity index (χ0n) is 9.05. The van der Waals surface area contributed by atoms with Crippen LogP contribution in [-0.4, -0.2) is 28.4 Å². The Morgan fingerprint density at radius 2 is 2.41 bits per heavy atom. The van der Waals surface area contributed by atoms with Gasteiger partial charge in [0.05, 0.1) is 0 Å². The van der Waals surface area contributed by atoms with Crippen molar-refractivity contribution in [2.75, 3.05) is 11.9 Å². The molecule has 2 N–H and O–H groups in total. The van der Waals surface area contributed by atoms with Crippen molar-refractivity contribution in [3.05, 3.63) is 28.4 Å². The smallest absolute Gasteiger partial charge is 0.374 e. The Morgan fingerprint density at radius 3 is 3.06 bits per heavy atom. The standard InChI is InChI=1S/C10H12N4O3/c15-9-4-3-7(6-12-9)13-8-2-1-5-11-10(8)14(16)17/h1-2,5,7,13H,3-4,6H2,(H,12,15). The summed E-state index contributed by atoms with van der Waals surface area (Å²) in [4.78, 5) is 24.9. The molecule has 1 saturated heterocycles. The number of pyridine rings is 1. The van der Waals surface area contributed by atoms with Crippen molar-refractivity contribution >= 4 is 17.4 Å². The van der Waals surface area contributed by atoms with Gasteiger partial charge >= 0.3 is 5.82 Å². The topological polar surface area (TPSA) is 97.2 Å². The van der Waals surface area contributed by atoms with Crippen LogP contribution in [0.1, 0.15) is 12.8 Å². The summed E-state index contributed by atoms with van der Waals surface area (Å²) >= 11 is 0. The lowest BCUT2D eigenvalue weighted by Gasteiger charge is -2.23. The molecular formula is C10H12N4O3. The van der Waals surface area contributed by atoms with Gasteiger partial charge in [-0.25, -0.2) is 0 Å². The largest absolute Gasteiger partial charge is 0.386 e. The van der Waals surface area contributed by atoms with Crippen LogP contribution in [0.15, 0.2) is 18.3 Å². The van der Waals surface area contributed by atoms with Crippen molar-refractivity contribution < 1.29 is 9.72 Å². The highest BCUT2D eigenvalue weighted by atomic mass is 16.6. The van der Waals surface area contributed by atoms with Gasteiger partial charge in [0.1, 0.15) is 11.9 Å². The molecule has 2 rings (SSSR count). The molecule has 0 aromatic carbocycles. The Hall–Kier alpha value is -2.18. The minimum atomic E-state index is -0.524. The second-order valence-electron chi connectivity index (χ2n) is 3.82. The first-order valence-electron chi connectivity index (χ1n) is 5.29. The van der Waals surface area contributed by atoms with Gasteiger partial charge in [-0.3, -0.25) is 4.79 Å². The number of nitrogens with one attached hydrogen (secondary N) is 2. The van der Waals surface area contributed by atoms with Crippen LogP contribution in [0, 0.1) is 10.1 Å². The number of carbonyl (C=O) groups is 1. The molecule has 90 valence electrons. The summed E-state index contributed by atoms with van der Waals surface area (Å²) in [5, 5.41) is 16.5. The molecule has 0 aliphatic carbocycles. The van der Waals surface area contributed by atoms with E-state index in [4.69, 9.17) is 0 Å². The van der Waals surface area contributed by atoms with E-state index in [0.717, 1.165) is 0 Å². The highest BCUT2D eigenvalue weighted by molar-refractivity contribution is 5.77. The maximum Gasteiger partial charge on any atom is 0.386 e. The van der Waals surface area contributed by atoms with E-state index in [0.29, 0.717) is 25.1 Å². The number of anilines is 1. The molecule has 0 saturated carbocycles. The Morgan fingerprint density at radius 1 is 1.59 bits per heavy atom. The zero-order chi connectivity index (χ0) is 12.3. The van der Waals surface area contributed by atoms with Crippen molar-refractivity contribution in [1.82, 2.24) is 10.3 Å². The van der Waals surface area contributed by atoms with Gasteiger partial charge in [0.2, 0.25) is 5.91 Å². The maximum atomic E-state index is 11.0. The Balaban J connectivity index is 2.08. The van der Waals surface area contributed by atoms with Crippen LogP contribution in [0.2, 0.25) is 0 Å². The van der Waals surface area contributed by atoms with Gasteiger partial charge in [-0.2, -0.15) is 0 Å². The van der Waals surface area contributed by atoms with Gasteiger partial charge in [0, 0.05) is 19.0 Å². The molecular weight excluding hydrogens is 224 g/mol. The van der Waals surface area contributed by atoms with E-state index in [1.165, 1.54) is 6.20 Å². The van der Waals surface area contributed by atoms with Crippen LogP contribution in [0.3, 0.4) is 0 Å². The SMILES string of the molecule is O=C1CCC(Nc2cccnc2[N+](=O)[O-])CN1. The molecule has 17 heavy (non-hydrogen) atoms. The number of nitrogens with zero attached hydrogens (tertiary/aromatic N) is 2. The molecule has 1 aliphatic rings. The highest BCUT2D eigenvalue weighted by Gasteiger charge is 2.21. The fraction of sp³-hybridized carbons (Fsp3) is 0.400. The van der Waals surface area contributed by atoms with E-state index in [2.05, 4.69) is 15.6 Å². The Labute approximate surface area is 97.4 Å². The summed E-state index contributed by atoms with van der Waals surface area (Å²) in [6, 6.07) is 3.26. The van der Waals surface area contributed by atoms with E-state index in [1.807, 2.05) is 0 Å². The van der Waals surface area contributed by atoms with Crippen molar-refractivity contribution in [2.45, 2.75) is 18.9 Å². The van der Waals surface area contributed by atoms with Gasteiger partial charge in [0.15, 0.2) is 0 Å². The molecule has 1 fully saturated rings. The molecule has 1 unspecified atom stereocenters. The molecule has 1 amide bonds. The monoisotopic (exact) mass is 236 g/mol. The van der Waals surface area contributed by atoms with E-state index in [-0.39, 0.29) is 17.8 Å². The van der Waals surface area contributed by atoms with Gasteiger partial charge in [0.25, 0.3) is 0 Å². The van der Waals surface area contributed by atoms with Crippen molar-refractivity contribution in [3.63, 3.8) is 0 Å². The molecule has 1 aromatic rings. The fourth-order valence-corrected chi connectivity index (χ4v) is 1.73. The number of hydrogen-bond donors (Lipinski definition) is 2. The van der Waals surface area contributed by atoms with Gasteiger partial charge < -0.3 is 20.7 Å². The first-order valence-corrected chi connectivity index (χ1v) is 5.29. The van der Waals surface area contributed by atoms with Crippen molar-refractivity contribution in [3.8, 4) is 0 Å². The Kier molecular flexibility index (Phi) is 3.17. The maximum absolute atomic E-state index is 11.0. The molecule has 0 radical (unpaired) electrons. The third-order valence-corrected chi connectivity index (χ3v) is 2.58. The van der Waals surface area contributed by atoms with Crippen LogP contribution in [0.4, 0.5) is 11.5 Å². The number of hydrogen-bond acceptors (Lipinski definition) is 5. The van der Waals surface area contributed by atoms with Crippen LogP contribution in [0.25, 0.3) is 0 Å². The molecule has 7 nitrogen and oxygen atoms in total. The fourth-order valence-electron chi connectivity index (χ4n) is 1.73. The molecule has 0 spiro atoms. The lowest BCUT2D eigenvalue weighted by atomic mass is 10.1. The summed E-state index contributed by atoms with van der Waals surface area (Å²) < 4.78 is 0. The number of aromatic nitrogens is 1. The molecule has 0 bridgehead atoms. The van der Waals surface area contributed by atoms with Crippen LogP contribution in [-0.2, 0) is 4.79 Å². The normalized spacial score (nSPS) is 19.5. The first-order chi connectivity index (χ1) is 8.16. The third-order valence-electron chi connectivity index (χ3n) is 2.58. The summed E-state index contributed by atoms with van der Waals surface area (Å²) in [6.07, 6.45) is 2.48. The summed E-state index contributed by atoms with van der Waals surface area (Å²) in [5.74, 6) is -0.173. The predicted molar refractivity (Wildman–Crippen MR) is 60.5 cm³/mol. The lowest BCUT2D eigenvalue weighted by molar-refractivity contribution is -0.388.